The maximum Gasteiger partial charge on any atom is 0.0705 e. The average Bonchev–Trinajstić information content (AvgIpc) is 2.29. The van der Waals surface area contributed by atoms with Gasteiger partial charge in [0.05, 0.1) is 5.52 Å². The fourth-order valence-corrected chi connectivity index (χ4v) is 2.20. The number of rotatable bonds is 3. The van der Waals surface area contributed by atoms with Crippen LogP contribution >= 0.6 is 15.9 Å². The molecule has 1 aromatic heterocycles. The summed E-state index contributed by atoms with van der Waals surface area (Å²) in [7, 11) is 0. The van der Waals surface area contributed by atoms with Crippen molar-refractivity contribution in [2.75, 3.05) is 0 Å². The Morgan fingerprint density at radius 3 is 2.65 bits per heavy atom. The van der Waals surface area contributed by atoms with Crippen molar-refractivity contribution < 1.29 is 0 Å². The fraction of sp³-hybridized carbons (Fsp3) is 0.400. The summed E-state index contributed by atoms with van der Waals surface area (Å²) in [6, 6.07) is 10.5. The Morgan fingerprint density at radius 1 is 1.24 bits per heavy atom. The van der Waals surface area contributed by atoms with Crippen LogP contribution in [-0.2, 0) is 6.42 Å². The molecule has 0 saturated heterocycles. The molecule has 1 heterocycles. The van der Waals surface area contributed by atoms with E-state index in [0.717, 1.165) is 11.9 Å². The molecule has 17 heavy (non-hydrogen) atoms. The molecule has 0 spiro atoms. The number of para-hydroxylation sites is 1. The molecule has 1 aromatic carbocycles. The van der Waals surface area contributed by atoms with Crippen LogP contribution in [0.25, 0.3) is 10.9 Å². The highest BCUT2D eigenvalue weighted by atomic mass is 79.9. The van der Waals surface area contributed by atoms with Gasteiger partial charge >= 0.3 is 0 Å². The van der Waals surface area contributed by atoms with Gasteiger partial charge in [-0.05, 0) is 30.5 Å². The second-order valence-electron chi connectivity index (χ2n) is 4.91. The van der Waals surface area contributed by atoms with Gasteiger partial charge in [-0.1, -0.05) is 48.0 Å². The summed E-state index contributed by atoms with van der Waals surface area (Å²) in [5.74, 6) is 0.627. The maximum absolute atomic E-state index is 4.77. The Balaban J connectivity index is 2.37. The van der Waals surface area contributed by atoms with Crippen LogP contribution in [0.5, 0.6) is 0 Å². The number of pyridine rings is 1. The lowest BCUT2D eigenvalue weighted by Gasteiger charge is -2.15. The van der Waals surface area contributed by atoms with E-state index in [0.29, 0.717) is 10.7 Å². The molecule has 0 aliphatic carbocycles. The second-order valence-corrected chi connectivity index (χ2v) is 6.08. The van der Waals surface area contributed by atoms with Gasteiger partial charge in [-0.3, -0.25) is 4.98 Å². The topological polar surface area (TPSA) is 12.9 Å². The lowest BCUT2D eigenvalue weighted by atomic mass is 10.0. The monoisotopic (exact) mass is 291 g/mol. The van der Waals surface area contributed by atoms with E-state index in [1.807, 2.05) is 6.07 Å². The summed E-state index contributed by atoms with van der Waals surface area (Å²) in [4.78, 5) is 5.26. The largest absolute Gasteiger partial charge is 0.253 e. The summed E-state index contributed by atoms with van der Waals surface area (Å²) in [5.41, 5.74) is 3.59. The predicted molar refractivity (Wildman–Crippen MR) is 77.7 cm³/mol. The summed E-state index contributed by atoms with van der Waals surface area (Å²) in [6.45, 7) is 6.61. The van der Waals surface area contributed by atoms with Crippen molar-refractivity contribution in [2.45, 2.75) is 32.0 Å². The van der Waals surface area contributed by atoms with Gasteiger partial charge in [0.15, 0.2) is 0 Å². The number of nitrogens with zero attached hydrogens (tertiary/aromatic N) is 1. The molecule has 0 amide bonds. The van der Waals surface area contributed by atoms with E-state index in [9.17, 15) is 0 Å². The summed E-state index contributed by atoms with van der Waals surface area (Å²) in [6.07, 6.45) is 0.994. The second kappa shape index (κ2) is 5.18. The zero-order valence-corrected chi connectivity index (χ0v) is 12.2. The predicted octanol–water partition coefficient (Wildman–Crippen LogP) is 4.51. The van der Waals surface area contributed by atoms with Crippen molar-refractivity contribution in [3.05, 3.63) is 41.6 Å². The lowest BCUT2D eigenvalue weighted by Crippen LogP contribution is -2.12. The minimum atomic E-state index is 0.495. The zero-order chi connectivity index (χ0) is 12.4. The molecule has 0 aliphatic rings. The zero-order valence-electron chi connectivity index (χ0n) is 10.6. The van der Waals surface area contributed by atoms with Gasteiger partial charge < -0.3 is 0 Å². The lowest BCUT2D eigenvalue weighted by molar-refractivity contribution is 0.607. The van der Waals surface area contributed by atoms with Crippen molar-refractivity contribution in [3.63, 3.8) is 0 Å². The van der Waals surface area contributed by atoms with Crippen LogP contribution in [0.1, 0.15) is 25.1 Å². The average molecular weight is 292 g/mol. The number of hydrogen-bond donors (Lipinski definition) is 0. The molecule has 90 valence electrons. The van der Waals surface area contributed by atoms with Gasteiger partial charge in [-0.25, -0.2) is 0 Å². The molecule has 0 aliphatic heterocycles. The molecule has 0 saturated carbocycles. The van der Waals surface area contributed by atoms with Gasteiger partial charge in [-0.2, -0.15) is 0 Å². The minimum Gasteiger partial charge on any atom is -0.253 e. The van der Waals surface area contributed by atoms with E-state index in [2.05, 4.69) is 61.0 Å². The molecule has 0 radical (unpaired) electrons. The van der Waals surface area contributed by atoms with Crippen LogP contribution in [0.2, 0.25) is 0 Å². The van der Waals surface area contributed by atoms with Crippen molar-refractivity contribution in [1.82, 2.24) is 4.98 Å². The Labute approximate surface area is 111 Å². The fourth-order valence-electron chi connectivity index (χ4n) is 1.89. The molecule has 2 heteroatoms. The number of fused-ring (bicyclic) bond motifs is 1. The molecular weight excluding hydrogens is 274 g/mol. The van der Waals surface area contributed by atoms with Crippen molar-refractivity contribution in [3.8, 4) is 0 Å². The third kappa shape index (κ3) is 2.86. The first-order chi connectivity index (χ1) is 8.08. The summed E-state index contributed by atoms with van der Waals surface area (Å²) >= 11 is 3.74. The molecule has 1 unspecified atom stereocenters. The van der Waals surface area contributed by atoms with E-state index < -0.39 is 0 Å². The minimum absolute atomic E-state index is 0.495. The number of hydrogen-bond acceptors (Lipinski definition) is 1. The number of aryl methyl sites for hydroxylation is 1. The highest BCUT2D eigenvalue weighted by molar-refractivity contribution is 9.09. The summed E-state index contributed by atoms with van der Waals surface area (Å²) in [5, 5.41) is 1.23. The van der Waals surface area contributed by atoms with Crippen LogP contribution in [0.4, 0.5) is 0 Å². The normalized spacial score (nSPS) is 13.2. The first kappa shape index (κ1) is 12.6. The molecule has 2 rings (SSSR count). The van der Waals surface area contributed by atoms with E-state index in [-0.39, 0.29) is 0 Å². The highest BCUT2D eigenvalue weighted by Crippen LogP contribution is 2.21. The molecule has 2 aromatic rings. The molecule has 1 nitrogen and oxygen atoms in total. The number of alkyl halides is 1. The van der Waals surface area contributed by atoms with Gasteiger partial charge in [0.25, 0.3) is 0 Å². The van der Waals surface area contributed by atoms with Crippen molar-refractivity contribution in [1.29, 1.82) is 0 Å². The van der Waals surface area contributed by atoms with Crippen LogP contribution in [-0.4, -0.2) is 9.81 Å². The van der Waals surface area contributed by atoms with Crippen LogP contribution < -0.4 is 0 Å². The first-order valence-electron chi connectivity index (χ1n) is 6.07. The van der Waals surface area contributed by atoms with E-state index in [4.69, 9.17) is 4.98 Å². The number of aromatic nitrogens is 1. The maximum atomic E-state index is 4.77. The van der Waals surface area contributed by atoms with E-state index >= 15 is 0 Å². The third-order valence-corrected chi connectivity index (χ3v) is 4.51. The van der Waals surface area contributed by atoms with Crippen molar-refractivity contribution >= 4 is 26.8 Å². The standard InChI is InChI=1S/C15H18BrN/c1-10(2)13(16)9-15-11(3)8-12-6-4-5-7-14(12)17-15/h4-8,10,13H,9H2,1-3H3. The Hall–Kier alpha value is -0.890. The van der Waals surface area contributed by atoms with Crippen LogP contribution in [0.15, 0.2) is 30.3 Å². The molecule has 0 bridgehead atoms. The number of halogens is 1. The first-order valence-corrected chi connectivity index (χ1v) is 6.99. The number of benzene rings is 1. The van der Waals surface area contributed by atoms with E-state index in [1.165, 1.54) is 16.6 Å². The quantitative estimate of drug-likeness (QED) is 0.759. The van der Waals surface area contributed by atoms with Gasteiger partial charge in [0.1, 0.15) is 0 Å². The van der Waals surface area contributed by atoms with Gasteiger partial charge in [-0.15, -0.1) is 0 Å². The van der Waals surface area contributed by atoms with Gasteiger partial charge in [0.2, 0.25) is 0 Å². The van der Waals surface area contributed by atoms with Crippen LogP contribution in [0, 0.1) is 12.8 Å². The molecule has 0 N–H and O–H groups in total. The SMILES string of the molecule is Cc1cc2ccccc2nc1CC(Br)C(C)C. The molecular formula is C15H18BrN. The molecule has 1 atom stereocenters. The van der Waals surface area contributed by atoms with Crippen LogP contribution in [0.3, 0.4) is 0 Å². The Morgan fingerprint density at radius 2 is 1.94 bits per heavy atom. The Bertz CT molecular complexity index is 519. The summed E-state index contributed by atoms with van der Waals surface area (Å²) < 4.78 is 0. The van der Waals surface area contributed by atoms with E-state index in [1.54, 1.807) is 0 Å². The molecule has 0 fully saturated rings. The van der Waals surface area contributed by atoms with Gasteiger partial charge in [0, 0.05) is 22.3 Å². The Kier molecular flexibility index (Phi) is 3.82. The smallest absolute Gasteiger partial charge is 0.0705 e. The van der Waals surface area contributed by atoms with Crippen molar-refractivity contribution in [2.24, 2.45) is 5.92 Å². The third-order valence-electron chi connectivity index (χ3n) is 3.13. The highest BCUT2D eigenvalue weighted by Gasteiger charge is 2.13.